The predicted molar refractivity (Wildman–Crippen MR) is 91.3 cm³/mol. The van der Waals surface area contributed by atoms with E-state index in [0.29, 0.717) is 12.1 Å². The molecule has 3 heteroatoms. The maximum absolute atomic E-state index is 5.89. The highest BCUT2D eigenvalue weighted by Crippen LogP contribution is 2.47. The average molecular weight is 290 g/mol. The maximum Gasteiger partial charge on any atom is 0.0667 e. The van der Waals surface area contributed by atoms with Crippen molar-refractivity contribution in [3.63, 3.8) is 0 Å². The lowest BCUT2D eigenvalue weighted by molar-refractivity contribution is -0.109. The van der Waals surface area contributed by atoms with Crippen LogP contribution in [0.1, 0.15) is 39.2 Å². The molecule has 0 amide bonds. The number of hydrogen-bond donors (Lipinski definition) is 1. The molecule has 0 aliphatic heterocycles. The first kappa shape index (κ1) is 16.2. The number of hydrogen-bond acceptors (Lipinski definition) is 3. The number of ether oxygens (including phenoxy) is 1. The Labute approximate surface area is 129 Å². The van der Waals surface area contributed by atoms with Crippen LogP contribution in [-0.4, -0.2) is 32.8 Å². The Morgan fingerprint density at radius 2 is 2.05 bits per heavy atom. The second kappa shape index (κ2) is 6.27. The number of aryl methyl sites for hydroxylation is 1. The summed E-state index contributed by atoms with van der Waals surface area (Å²) < 4.78 is 5.89. The van der Waals surface area contributed by atoms with E-state index in [1.165, 1.54) is 16.9 Å². The Morgan fingerprint density at radius 1 is 1.33 bits per heavy atom. The molecular formula is C18H30N2O. The first-order chi connectivity index (χ1) is 9.92. The number of rotatable bonds is 6. The summed E-state index contributed by atoms with van der Waals surface area (Å²) in [5.74, 6) is 0. The molecule has 3 nitrogen and oxygen atoms in total. The molecule has 2 rings (SSSR count). The Bertz CT molecular complexity index is 486. The molecule has 0 radical (unpaired) electrons. The zero-order valence-electron chi connectivity index (χ0n) is 14.4. The van der Waals surface area contributed by atoms with Gasteiger partial charge in [-0.1, -0.05) is 19.9 Å². The van der Waals surface area contributed by atoms with E-state index in [1.807, 2.05) is 0 Å². The minimum atomic E-state index is 0.235. The predicted octanol–water partition coefficient (Wildman–Crippen LogP) is 4.07. The monoisotopic (exact) mass is 290 g/mol. The van der Waals surface area contributed by atoms with Crippen LogP contribution in [0.25, 0.3) is 0 Å². The molecule has 118 valence electrons. The fraction of sp³-hybridized carbons (Fsp3) is 0.667. The number of nitrogens with zero attached hydrogens (tertiary/aromatic N) is 1. The second-order valence-corrected chi connectivity index (χ2v) is 6.63. The van der Waals surface area contributed by atoms with Gasteiger partial charge in [0.05, 0.1) is 6.10 Å². The highest BCUT2D eigenvalue weighted by molar-refractivity contribution is 5.62. The first-order valence-electron chi connectivity index (χ1n) is 8.08. The summed E-state index contributed by atoms with van der Waals surface area (Å²) >= 11 is 0. The fourth-order valence-corrected chi connectivity index (χ4v) is 3.36. The van der Waals surface area contributed by atoms with Gasteiger partial charge in [0.2, 0.25) is 0 Å². The van der Waals surface area contributed by atoms with Crippen LogP contribution >= 0.6 is 0 Å². The van der Waals surface area contributed by atoms with Crippen molar-refractivity contribution in [2.24, 2.45) is 5.41 Å². The highest BCUT2D eigenvalue weighted by atomic mass is 16.5. The van der Waals surface area contributed by atoms with Gasteiger partial charge in [0.1, 0.15) is 0 Å². The number of benzene rings is 1. The van der Waals surface area contributed by atoms with Gasteiger partial charge in [0.15, 0.2) is 0 Å². The van der Waals surface area contributed by atoms with Gasteiger partial charge in [-0.15, -0.1) is 0 Å². The van der Waals surface area contributed by atoms with E-state index in [1.54, 1.807) is 0 Å². The van der Waals surface area contributed by atoms with Crippen LogP contribution in [0, 0.1) is 12.3 Å². The minimum absolute atomic E-state index is 0.235. The Balaban J connectivity index is 2.11. The van der Waals surface area contributed by atoms with E-state index in [9.17, 15) is 0 Å². The Kier molecular flexibility index (Phi) is 4.82. The molecule has 0 saturated heterocycles. The molecule has 21 heavy (non-hydrogen) atoms. The van der Waals surface area contributed by atoms with Crippen molar-refractivity contribution in [3.8, 4) is 0 Å². The molecular weight excluding hydrogens is 260 g/mol. The smallest absolute Gasteiger partial charge is 0.0667 e. The summed E-state index contributed by atoms with van der Waals surface area (Å²) in [5.41, 5.74) is 4.03. The highest BCUT2D eigenvalue weighted by Gasteiger charge is 2.51. The molecule has 1 aromatic rings. The summed E-state index contributed by atoms with van der Waals surface area (Å²) in [5, 5.41) is 3.72. The summed E-state index contributed by atoms with van der Waals surface area (Å²) in [6.45, 7) is 9.65. The second-order valence-electron chi connectivity index (χ2n) is 6.63. The van der Waals surface area contributed by atoms with E-state index >= 15 is 0 Å². The van der Waals surface area contributed by atoms with Crippen LogP contribution in [0.15, 0.2) is 18.2 Å². The first-order valence-corrected chi connectivity index (χ1v) is 8.08. The van der Waals surface area contributed by atoms with Crippen molar-refractivity contribution < 1.29 is 4.74 Å². The van der Waals surface area contributed by atoms with Crippen molar-refractivity contribution in [1.29, 1.82) is 0 Å². The van der Waals surface area contributed by atoms with Gasteiger partial charge in [-0.3, -0.25) is 0 Å². The van der Waals surface area contributed by atoms with Crippen molar-refractivity contribution in [2.45, 2.75) is 52.7 Å². The largest absolute Gasteiger partial charge is 0.382 e. The van der Waals surface area contributed by atoms with E-state index in [4.69, 9.17) is 4.74 Å². The SMILES string of the molecule is CCOC1CC(Nc2ccc(C)c(N(C)C)c2)C1(C)CC. The molecule has 3 unspecified atom stereocenters. The third-order valence-electron chi connectivity index (χ3n) is 5.14. The molecule has 1 saturated carbocycles. The summed E-state index contributed by atoms with van der Waals surface area (Å²) in [6.07, 6.45) is 2.63. The third-order valence-corrected chi connectivity index (χ3v) is 5.14. The topological polar surface area (TPSA) is 24.5 Å². The summed E-state index contributed by atoms with van der Waals surface area (Å²) in [6, 6.07) is 7.13. The van der Waals surface area contributed by atoms with Gasteiger partial charge in [-0.2, -0.15) is 0 Å². The maximum atomic E-state index is 5.89. The zero-order valence-corrected chi connectivity index (χ0v) is 14.4. The third kappa shape index (κ3) is 3.03. The summed E-state index contributed by atoms with van der Waals surface area (Å²) in [7, 11) is 4.19. The molecule has 1 aliphatic carbocycles. The van der Waals surface area contributed by atoms with Crippen LogP contribution in [-0.2, 0) is 4.74 Å². The van der Waals surface area contributed by atoms with Gasteiger partial charge >= 0.3 is 0 Å². The van der Waals surface area contributed by atoms with Gasteiger partial charge in [-0.05, 0) is 44.4 Å². The fourth-order valence-electron chi connectivity index (χ4n) is 3.36. The van der Waals surface area contributed by atoms with E-state index < -0.39 is 0 Å². The molecule has 1 fully saturated rings. The molecule has 0 heterocycles. The van der Waals surface area contributed by atoms with E-state index in [-0.39, 0.29) is 5.41 Å². The zero-order chi connectivity index (χ0) is 15.6. The van der Waals surface area contributed by atoms with Gasteiger partial charge in [-0.25, -0.2) is 0 Å². The average Bonchev–Trinajstić information content (AvgIpc) is 2.46. The molecule has 0 spiro atoms. The molecule has 1 aliphatic rings. The van der Waals surface area contributed by atoms with Crippen molar-refractivity contribution in [2.75, 3.05) is 30.9 Å². The lowest BCUT2D eigenvalue weighted by Crippen LogP contribution is -2.59. The lowest BCUT2D eigenvalue weighted by Gasteiger charge is -2.54. The van der Waals surface area contributed by atoms with Crippen molar-refractivity contribution >= 4 is 11.4 Å². The molecule has 1 N–H and O–H groups in total. The van der Waals surface area contributed by atoms with Gasteiger partial charge < -0.3 is 15.0 Å². The van der Waals surface area contributed by atoms with Crippen LogP contribution in [0.5, 0.6) is 0 Å². The van der Waals surface area contributed by atoms with Crippen LogP contribution in [0.2, 0.25) is 0 Å². The quantitative estimate of drug-likeness (QED) is 0.855. The summed E-state index contributed by atoms with van der Waals surface area (Å²) in [4.78, 5) is 2.17. The molecule has 3 atom stereocenters. The Hall–Kier alpha value is -1.22. The van der Waals surface area contributed by atoms with Crippen LogP contribution in [0.4, 0.5) is 11.4 Å². The van der Waals surface area contributed by atoms with Crippen molar-refractivity contribution in [3.05, 3.63) is 23.8 Å². The van der Waals surface area contributed by atoms with Crippen molar-refractivity contribution in [1.82, 2.24) is 0 Å². The normalized spacial score (nSPS) is 28.1. The van der Waals surface area contributed by atoms with Crippen LogP contribution in [0.3, 0.4) is 0 Å². The molecule has 0 bridgehead atoms. The minimum Gasteiger partial charge on any atom is -0.382 e. The van der Waals surface area contributed by atoms with Gasteiger partial charge in [0.25, 0.3) is 0 Å². The number of anilines is 2. The van der Waals surface area contributed by atoms with E-state index in [0.717, 1.165) is 19.4 Å². The molecule has 1 aromatic carbocycles. The lowest BCUT2D eigenvalue weighted by atomic mass is 9.61. The Morgan fingerprint density at radius 3 is 2.62 bits per heavy atom. The van der Waals surface area contributed by atoms with Crippen LogP contribution < -0.4 is 10.2 Å². The molecule has 0 aromatic heterocycles. The van der Waals surface area contributed by atoms with E-state index in [2.05, 4.69) is 70.2 Å². The van der Waals surface area contributed by atoms with Gasteiger partial charge in [0, 0.05) is 43.5 Å². The number of nitrogens with one attached hydrogen (secondary N) is 1. The standard InChI is InChI=1S/C18H30N2O/c1-7-18(4)16(12-17(18)21-8-2)19-14-10-9-13(3)15(11-14)20(5)6/h9-11,16-17,19H,7-8,12H2,1-6H3.